The van der Waals surface area contributed by atoms with Gasteiger partial charge in [0, 0.05) is 5.69 Å². The number of hydrogen-bond donors (Lipinski definition) is 1. The van der Waals surface area contributed by atoms with Crippen LogP contribution in [0.5, 0.6) is 5.75 Å². The zero-order valence-corrected chi connectivity index (χ0v) is 12.1. The maximum absolute atomic E-state index is 12.1. The molecule has 1 amide bonds. The number of nitrogens with one attached hydrogen (secondary N) is 1. The molecule has 0 aromatic heterocycles. The average molecular weight is 290 g/mol. The van der Waals surface area contributed by atoms with Crippen molar-refractivity contribution in [2.75, 3.05) is 12.4 Å². The zero-order chi connectivity index (χ0) is 14.5. The third-order valence-corrected chi connectivity index (χ3v) is 3.43. The smallest absolute Gasteiger partial charge is 0.246 e. The number of amides is 1. The maximum atomic E-state index is 12.1. The molecule has 0 aliphatic rings. The second-order valence-corrected chi connectivity index (χ2v) is 4.88. The maximum Gasteiger partial charge on any atom is 0.246 e. The molecule has 0 heterocycles. The van der Waals surface area contributed by atoms with Crippen LogP contribution in [-0.2, 0) is 4.79 Å². The number of benzene rings is 2. The summed E-state index contributed by atoms with van der Waals surface area (Å²) in [6.45, 7) is 1.92. The first-order valence-corrected chi connectivity index (χ1v) is 6.70. The summed E-state index contributed by atoms with van der Waals surface area (Å²) in [6.07, 6.45) is 0. The van der Waals surface area contributed by atoms with Gasteiger partial charge in [0.1, 0.15) is 11.1 Å². The van der Waals surface area contributed by atoms with Crippen LogP contribution in [-0.4, -0.2) is 13.0 Å². The van der Waals surface area contributed by atoms with Crippen LogP contribution in [0.15, 0.2) is 48.5 Å². The molecule has 2 aromatic rings. The van der Waals surface area contributed by atoms with E-state index in [4.69, 9.17) is 16.3 Å². The van der Waals surface area contributed by atoms with E-state index in [1.54, 1.807) is 13.2 Å². The molecule has 20 heavy (non-hydrogen) atoms. The molecular formula is C16H16ClNO2. The lowest BCUT2D eigenvalue weighted by Crippen LogP contribution is -2.17. The van der Waals surface area contributed by atoms with Crippen molar-refractivity contribution in [3.05, 3.63) is 59.7 Å². The lowest BCUT2D eigenvalue weighted by atomic mass is 10.1. The molecule has 0 aliphatic carbocycles. The molecule has 0 bridgehead atoms. The van der Waals surface area contributed by atoms with Gasteiger partial charge in [-0.15, -0.1) is 11.6 Å². The van der Waals surface area contributed by atoms with Gasteiger partial charge in [0.15, 0.2) is 0 Å². The summed E-state index contributed by atoms with van der Waals surface area (Å²) in [4.78, 5) is 12.1. The quantitative estimate of drug-likeness (QED) is 0.866. The number of carbonyl (C=O) groups is 1. The first-order chi connectivity index (χ1) is 9.61. The van der Waals surface area contributed by atoms with E-state index in [0.717, 1.165) is 16.9 Å². The van der Waals surface area contributed by atoms with Crippen molar-refractivity contribution < 1.29 is 9.53 Å². The highest BCUT2D eigenvalue weighted by Gasteiger charge is 2.17. The second kappa shape index (κ2) is 6.44. The van der Waals surface area contributed by atoms with Crippen molar-refractivity contribution in [3.63, 3.8) is 0 Å². The Bertz CT molecular complexity index is 599. The van der Waals surface area contributed by atoms with E-state index in [1.807, 2.05) is 49.4 Å². The molecule has 1 unspecified atom stereocenters. The van der Waals surface area contributed by atoms with E-state index in [-0.39, 0.29) is 5.91 Å². The van der Waals surface area contributed by atoms with Gasteiger partial charge in [-0.2, -0.15) is 0 Å². The van der Waals surface area contributed by atoms with Crippen molar-refractivity contribution in [1.82, 2.24) is 0 Å². The summed E-state index contributed by atoms with van der Waals surface area (Å²) >= 11 is 6.17. The highest BCUT2D eigenvalue weighted by molar-refractivity contribution is 6.32. The average Bonchev–Trinajstić information content (AvgIpc) is 2.47. The molecule has 1 N–H and O–H groups in total. The first-order valence-electron chi connectivity index (χ1n) is 6.26. The first kappa shape index (κ1) is 14.4. The molecule has 0 saturated heterocycles. The number of ether oxygens (including phenoxy) is 1. The van der Waals surface area contributed by atoms with Crippen LogP contribution in [0.4, 0.5) is 5.69 Å². The van der Waals surface area contributed by atoms with Gasteiger partial charge in [-0.05, 0) is 36.2 Å². The molecule has 0 spiro atoms. The van der Waals surface area contributed by atoms with Gasteiger partial charge in [0.05, 0.1) is 7.11 Å². The molecule has 0 fully saturated rings. The number of anilines is 1. The molecule has 0 radical (unpaired) electrons. The summed E-state index contributed by atoms with van der Waals surface area (Å²) in [5.41, 5.74) is 2.43. The van der Waals surface area contributed by atoms with Crippen molar-refractivity contribution >= 4 is 23.2 Å². The van der Waals surface area contributed by atoms with Gasteiger partial charge >= 0.3 is 0 Å². The normalized spacial score (nSPS) is 11.8. The Morgan fingerprint density at radius 2 is 1.90 bits per heavy atom. The molecule has 4 heteroatoms. The molecule has 0 aliphatic heterocycles. The van der Waals surface area contributed by atoms with Gasteiger partial charge in [-0.1, -0.05) is 30.3 Å². The van der Waals surface area contributed by atoms with Crippen molar-refractivity contribution in [2.24, 2.45) is 0 Å². The summed E-state index contributed by atoms with van der Waals surface area (Å²) in [7, 11) is 1.62. The lowest BCUT2D eigenvalue weighted by molar-refractivity contribution is -0.116. The molecule has 1 atom stereocenters. The Labute approximate surface area is 123 Å². The SMILES string of the molecule is COc1ccc(NC(=O)C(Cl)c2ccccc2)cc1C. The van der Waals surface area contributed by atoms with Gasteiger partial charge in [0.2, 0.25) is 5.91 Å². The lowest BCUT2D eigenvalue weighted by Gasteiger charge is -2.12. The van der Waals surface area contributed by atoms with E-state index >= 15 is 0 Å². The van der Waals surface area contributed by atoms with E-state index < -0.39 is 5.38 Å². The van der Waals surface area contributed by atoms with Crippen LogP contribution in [0.25, 0.3) is 0 Å². The largest absolute Gasteiger partial charge is 0.496 e. The summed E-state index contributed by atoms with van der Waals surface area (Å²) in [6, 6.07) is 14.7. The molecule has 3 nitrogen and oxygen atoms in total. The Hall–Kier alpha value is -2.00. The van der Waals surface area contributed by atoms with E-state index in [0.29, 0.717) is 5.69 Å². The minimum Gasteiger partial charge on any atom is -0.496 e. The van der Waals surface area contributed by atoms with E-state index in [9.17, 15) is 4.79 Å². The Balaban J connectivity index is 2.10. The second-order valence-electron chi connectivity index (χ2n) is 4.45. The Morgan fingerprint density at radius 1 is 1.20 bits per heavy atom. The third-order valence-electron chi connectivity index (χ3n) is 2.98. The monoisotopic (exact) mass is 289 g/mol. The van der Waals surface area contributed by atoms with E-state index in [1.165, 1.54) is 0 Å². The summed E-state index contributed by atoms with van der Waals surface area (Å²) in [5, 5.41) is 2.10. The Kier molecular flexibility index (Phi) is 4.64. The molecule has 104 valence electrons. The fourth-order valence-corrected chi connectivity index (χ4v) is 2.14. The topological polar surface area (TPSA) is 38.3 Å². The molecular weight excluding hydrogens is 274 g/mol. The van der Waals surface area contributed by atoms with Gasteiger partial charge < -0.3 is 10.1 Å². The minimum absolute atomic E-state index is 0.248. The van der Waals surface area contributed by atoms with Crippen molar-refractivity contribution in [2.45, 2.75) is 12.3 Å². The number of halogens is 1. The van der Waals surface area contributed by atoms with Crippen molar-refractivity contribution in [3.8, 4) is 5.75 Å². The zero-order valence-electron chi connectivity index (χ0n) is 11.4. The summed E-state index contributed by atoms with van der Waals surface area (Å²) < 4.78 is 5.18. The fourth-order valence-electron chi connectivity index (χ4n) is 1.94. The molecule has 2 rings (SSSR count). The van der Waals surface area contributed by atoms with Crippen LogP contribution in [0, 0.1) is 6.92 Å². The van der Waals surface area contributed by atoms with E-state index in [2.05, 4.69) is 5.32 Å². The number of rotatable bonds is 4. The number of methoxy groups -OCH3 is 1. The van der Waals surface area contributed by atoms with Gasteiger partial charge in [-0.25, -0.2) is 0 Å². The highest BCUT2D eigenvalue weighted by atomic mass is 35.5. The van der Waals surface area contributed by atoms with Crippen LogP contribution in [0.3, 0.4) is 0 Å². The van der Waals surface area contributed by atoms with Crippen LogP contribution in [0.2, 0.25) is 0 Å². The van der Waals surface area contributed by atoms with Crippen molar-refractivity contribution in [1.29, 1.82) is 0 Å². The predicted octanol–water partition coefficient (Wildman–Crippen LogP) is 3.92. The molecule has 0 saturated carbocycles. The molecule has 2 aromatic carbocycles. The third kappa shape index (κ3) is 3.31. The number of carbonyl (C=O) groups excluding carboxylic acids is 1. The Morgan fingerprint density at radius 3 is 2.50 bits per heavy atom. The highest BCUT2D eigenvalue weighted by Crippen LogP contribution is 2.25. The minimum atomic E-state index is -0.710. The fraction of sp³-hybridized carbons (Fsp3) is 0.188. The van der Waals surface area contributed by atoms with Crippen LogP contribution in [0.1, 0.15) is 16.5 Å². The standard InChI is InChI=1S/C16H16ClNO2/c1-11-10-13(8-9-14(11)20-2)18-16(19)15(17)12-6-4-3-5-7-12/h3-10,15H,1-2H3,(H,18,19). The van der Waals surface area contributed by atoms with Gasteiger partial charge in [-0.3, -0.25) is 4.79 Å². The van der Waals surface area contributed by atoms with Gasteiger partial charge in [0.25, 0.3) is 0 Å². The number of hydrogen-bond acceptors (Lipinski definition) is 2. The summed E-state index contributed by atoms with van der Waals surface area (Å²) in [5.74, 6) is 0.538. The van der Waals surface area contributed by atoms with Crippen LogP contribution >= 0.6 is 11.6 Å². The van der Waals surface area contributed by atoms with Crippen LogP contribution < -0.4 is 10.1 Å². The number of aryl methyl sites for hydroxylation is 1. The number of alkyl halides is 1. The predicted molar refractivity (Wildman–Crippen MR) is 81.4 cm³/mol.